The Balaban J connectivity index is 1.80. The van der Waals surface area contributed by atoms with Crippen molar-refractivity contribution >= 4 is 22.4 Å². The molecule has 2 atom stereocenters. The summed E-state index contributed by atoms with van der Waals surface area (Å²) in [4.78, 5) is 17.7. The predicted octanol–water partition coefficient (Wildman–Crippen LogP) is 2.49. The van der Waals surface area contributed by atoms with Gasteiger partial charge in [-0.1, -0.05) is 42.5 Å². The second kappa shape index (κ2) is 9.26. The van der Waals surface area contributed by atoms with Gasteiger partial charge in [0.25, 0.3) is 0 Å². The van der Waals surface area contributed by atoms with Crippen LogP contribution < -0.4 is 5.32 Å². The van der Waals surface area contributed by atoms with Crippen LogP contribution >= 0.6 is 0 Å². The largest absolute Gasteiger partial charge is 0.324 e. The van der Waals surface area contributed by atoms with Gasteiger partial charge in [-0.15, -0.1) is 0 Å². The van der Waals surface area contributed by atoms with E-state index in [1.54, 1.807) is 6.26 Å². The molecule has 1 aliphatic rings. The molecule has 27 heavy (non-hydrogen) atoms. The molecule has 1 N–H and O–H groups in total. The van der Waals surface area contributed by atoms with Gasteiger partial charge in [-0.25, -0.2) is 0 Å². The minimum Gasteiger partial charge on any atom is -0.324 e. The summed E-state index contributed by atoms with van der Waals surface area (Å²) in [6.45, 7) is 3.62. The van der Waals surface area contributed by atoms with Gasteiger partial charge in [0, 0.05) is 54.7 Å². The van der Waals surface area contributed by atoms with Crippen molar-refractivity contribution in [2.45, 2.75) is 11.8 Å². The maximum atomic E-state index is 13.2. The van der Waals surface area contributed by atoms with Gasteiger partial charge < -0.3 is 10.2 Å². The standard InChI is InChI=1S/C21H27N3O2S/c1-23-11-13-24(14-12-23)20(18-8-4-3-5-9-18)21(25)22-19-10-6-7-17(15-19)16-27(2)26/h3-10,15,20H,11-14,16H2,1-2H3,(H,22,25). The van der Waals surface area contributed by atoms with E-state index in [0.29, 0.717) is 5.75 Å². The molecule has 0 saturated carbocycles. The maximum absolute atomic E-state index is 13.2. The highest BCUT2D eigenvalue weighted by molar-refractivity contribution is 7.83. The number of carbonyl (C=O) groups is 1. The SMILES string of the molecule is CN1CCN(C(C(=O)Nc2cccc(CS(C)=O)c2)c2ccccc2)CC1. The topological polar surface area (TPSA) is 52.6 Å². The summed E-state index contributed by atoms with van der Waals surface area (Å²) in [7, 11) is 1.20. The molecule has 2 unspecified atom stereocenters. The number of likely N-dealkylation sites (N-methyl/N-ethyl adjacent to an activating group) is 1. The Labute approximate surface area is 163 Å². The van der Waals surface area contributed by atoms with Gasteiger partial charge in [0.2, 0.25) is 5.91 Å². The van der Waals surface area contributed by atoms with E-state index in [4.69, 9.17) is 0 Å². The number of anilines is 1. The quantitative estimate of drug-likeness (QED) is 0.830. The summed E-state index contributed by atoms with van der Waals surface area (Å²) >= 11 is 0. The first-order valence-electron chi connectivity index (χ1n) is 9.20. The summed E-state index contributed by atoms with van der Waals surface area (Å²) in [6.07, 6.45) is 1.68. The highest BCUT2D eigenvalue weighted by Gasteiger charge is 2.29. The zero-order valence-electron chi connectivity index (χ0n) is 15.9. The van der Waals surface area contributed by atoms with Crippen molar-refractivity contribution in [1.82, 2.24) is 9.80 Å². The van der Waals surface area contributed by atoms with Gasteiger partial charge in [0.1, 0.15) is 6.04 Å². The van der Waals surface area contributed by atoms with Crippen LogP contribution in [-0.4, -0.2) is 59.4 Å². The van der Waals surface area contributed by atoms with Gasteiger partial charge in [0.05, 0.1) is 0 Å². The van der Waals surface area contributed by atoms with Crippen LogP contribution in [0.5, 0.6) is 0 Å². The summed E-state index contributed by atoms with van der Waals surface area (Å²) in [5.74, 6) is 0.463. The number of hydrogen-bond acceptors (Lipinski definition) is 4. The Morgan fingerprint density at radius 1 is 1.07 bits per heavy atom. The Morgan fingerprint density at radius 2 is 1.78 bits per heavy atom. The molecule has 0 aliphatic carbocycles. The van der Waals surface area contributed by atoms with Crippen LogP contribution in [0.1, 0.15) is 17.2 Å². The molecule has 6 heteroatoms. The van der Waals surface area contributed by atoms with Gasteiger partial charge in [-0.2, -0.15) is 0 Å². The van der Waals surface area contributed by atoms with Crippen molar-refractivity contribution in [2.75, 3.05) is 44.8 Å². The zero-order valence-corrected chi connectivity index (χ0v) is 16.7. The minimum absolute atomic E-state index is 0.0273. The number of rotatable bonds is 6. The smallest absolute Gasteiger partial charge is 0.246 e. The number of piperazine rings is 1. The number of amides is 1. The monoisotopic (exact) mass is 385 g/mol. The van der Waals surface area contributed by atoms with Crippen molar-refractivity contribution in [3.63, 3.8) is 0 Å². The lowest BCUT2D eigenvalue weighted by Crippen LogP contribution is -2.48. The molecule has 1 fully saturated rings. The van der Waals surface area contributed by atoms with Crippen LogP contribution in [0.15, 0.2) is 54.6 Å². The molecule has 2 aromatic carbocycles. The lowest BCUT2D eigenvalue weighted by atomic mass is 10.0. The lowest BCUT2D eigenvalue weighted by molar-refractivity contribution is -0.122. The molecular weight excluding hydrogens is 358 g/mol. The fourth-order valence-corrected chi connectivity index (χ4v) is 4.08. The van der Waals surface area contributed by atoms with Crippen LogP contribution in [0.2, 0.25) is 0 Å². The first-order valence-corrected chi connectivity index (χ1v) is 10.9. The molecule has 1 amide bonds. The molecule has 3 rings (SSSR count). The summed E-state index contributed by atoms with van der Waals surface area (Å²) in [5.41, 5.74) is 2.72. The second-order valence-corrected chi connectivity index (χ2v) is 8.49. The van der Waals surface area contributed by atoms with Crippen molar-refractivity contribution in [3.8, 4) is 0 Å². The highest BCUT2D eigenvalue weighted by Crippen LogP contribution is 2.24. The number of benzene rings is 2. The molecule has 0 radical (unpaired) electrons. The maximum Gasteiger partial charge on any atom is 0.246 e. The van der Waals surface area contributed by atoms with E-state index in [9.17, 15) is 9.00 Å². The van der Waals surface area contributed by atoms with Crippen molar-refractivity contribution in [3.05, 3.63) is 65.7 Å². The first kappa shape index (κ1) is 19.7. The lowest BCUT2D eigenvalue weighted by Gasteiger charge is -2.37. The third-order valence-electron chi connectivity index (χ3n) is 4.83. The zero-order chi connectivity index (χ0) is 19.2. The van der Waals surface area contributed by atoms with Crippen LogP contribution in [0.25, 0.3) is 0 Å². The molecule has 0 spiro atoms. The fraction of sp³-hybridized carbons (Fsp3) is 0.381. The molecule has 1 heterocycles. The summed E-state index contributed by atoms with van der Waals surface area (Å²) < 4.78 is 11.5. The van der Waals surface area contributed by atoms with Gasteiger partial charge in [-0.3, -0.25) is 13.9 Å². The average molecular weight is 386 g/mol. The highest BCUT2D eigenvalue weighted by atomic mass is 32.2. The normalized spacial score (nSPS) is 18.0. The molecular formula is C21H27N3O2S. The van der Waals surface area contributed by atoms with Crippen LogP contribution in [0, 0.1) is 0 Å². The van der Waals surface area contributed by atoms with E-state index >= 15 is 0 Å². The number of nitrogens with zero attached hydrogens (tertiary/aromatic N) is 2. The van der Waals surface area contributed by atoms with Gasteiger partial charge in [0.15, 0.2) is 0 Å². The van der Waals surface area contributed by atoms with Crippen molar-refractivity contribution in [2.24, 2.45) is 0 Å². The minimum atomic E-state index is -0.909. The molecule has 2 aromatic rings. The summed E-state index contributed by atoms with van der Waals surface area (Å²) in [6, 6.07) is 17.2. The second-order valence-electron chi connectivity index (χ2n) is 7.06. The molecule has 5 nitrogen and oxygen atoms in total. The van der Waals surface area contributed by atoms with E-state index in [-0.39, 0.29) is 11.9 Å². The molecule has 1 aliphatic heterocycles. The number of carbonyl (C=O) groups excluding carboxylic acids is 1. The molecule has 0 aromatic heterocycles. The number of hydrogen-bond donors (Lipinski definition) is 1. The first-order chi connectivity index (χ1) is 13.0. The average Bonchev–Trinajstić information content (AvgIpc) is 2.64. The Hall–Kier alpha value is -2.02. The Bertz CT molecular complexity index is 789. The van der Waals surface area contributed by atoms with Crippen molar-refractivity contribution < 1.29 is 9.00 Å². The van der Waals surface area contributed by atoms with E-state index < -0.39 is 10.8 Å². The molecule has 1 saturated heterocycles. The fourth-order valence-electron chi connectivity index (χ4n) is 3.43. The van der Waals surface area contributed by atoms with E-state index in [2.05, 4.69) is 22.2 Å². The third-order valence-corrected chi connectivity index (χ3v) is 5.57. The van der Waals surface area contributed by atoms with Crippen molar-refractivity contribution in [1.29, 1.82) is 0 Å². The van der Waals surface area contributed by atoms with Gasteiger partial charge >= 0.3 is 0 Å². The predicted molar refractivity (Wildman–Crippen MR) is 111 cm³/mol. The van der Waals surface area contributed by atoms with Gasteiger partial charge in [-0.05, 0) is 30.3 Å². The van der Waals surface area contributed by atoms with Crippen LogP contribution in [0.4, 0.5) is 5.69 Å². The summed E-state index contributed by atoms with van der Waals surface area (Å²) in [5, 5.41) is 3.07. The van der Waals surface area contributed by atoms with Crippen LogP contribution in [-0.2, 0) is 21.3 Å². The van der Waals surface area contributed by atoms with E-state index in [1.165, 1.54) is 0 Å². The molecule has 0 bridgehead atoms. The van der Waals surface area contributed by atoms with E-state index in [1.807, 2.05) is 54.6 Å². The van der Waals surface area contributed by atoms with E-state index in [0.717, 1.165) is 43.0 Å². The van der Waals surface area contributed by atoms with Crippen LogP contribution in [0.3, 0.4) is 0 Å². The number of nitrogens with one attached hydrogen (secondary N) is 1. The molecule has 144 valence electrons. The third kappa shape index (κ3) is 5.48. The Morgan fingerprint density at radius 3 is 2.44 bits per heavy atom. The Kier molecular flexibility index (Phi) is 6.77.